The van der Waals surface area contributed by atoms with Gasteiger partial charge in [-0.2, -0.15) is 0 Å². The fourth-order valence-electron chi connectivity index (χ4n) is 3.91. The molecule has 1 aliphatic carbocycles. The van der Waals surface area contributed by atoms with Crippen LogP contribution in [-0.2, 0) is 9.53 Å². The first kappa shape index (κ1) is 22.5. The second-order valence-corrected chi connectivity index (χ2v) is 11.8. The van der Waals surface area contributed by atoms with Crippen LogP contribution in [0.25, 0.3) is 20.2 Å². The van der Waals surface area contributed by atoms with Crippen LogP contribution in [0.5, 0.6) is 0 Å². The Morgan fingerprint density at radius 1 is 0.970 bits per heavy atom. The molecule has 0 spiro atoms. The summed E-state index contributed by atoms with van der Waals surface area (Å²) in [7, 11) is 0. The minimum Gasteiger partial charge on any atom is -0.428 e. The maximum absolute atomic E-state index is 11.9. The SMILES string of the molecule is C=CC(=O)OC1=CC=CC(CSc2cccc3ccsc23)(CSc2cccc3ccsc23)C1. The van der Waals surface area contributed by atoms with Crippen LogP contribution in [-0.4, -0.2) is 17.5 Å². The molecule has 0 atom stereocenters. The molecule has 0 bridgehead atoms. The Morgan fingerprint density at radius 3 is 2.15 bits per heavy atom. The minimum atomic E-state index is -0.405. The van der Waals surface area contributed by atoms with Gasteiger partial charge in [-0.05, 0) is 51.9 Å². The highest BCUT2D eigenvalue weighted by atomic mass is 32.2. The smallest absolute Gasteiger partial charge is 0.335 e. The molecule has 0 N–H and O–H groups in total. The molecule has 0 aliphatic heterocycles. The van der Waals surface area contributed by atoms with E-state index in [4.69, 9.17) is 4.74 Å². The van der Waals surface area contributed by atoms with Crippen LogP contribution < -0.4 is 0 Å². The molecule has 6 heteroatoms. The number of thioether (sulfide) groups is 2. The van der Waals surface area contributed by atoms with Gasteiger partial charge in [-0.15, -0.1) is 46.2 Å². The first-order valence-corrected chi connectivity index (χ1v) is 14.3. The lowest BCUT2D eigenvalue weighted by Gasteiger charge is -2.33. The number of esters is 1. The van der Waals surface area contributed by atoms with E-state index in [1.165, 1.54) is 36.0 Å². The predicted molar refractivity (Wildman–Crippen MR) is 146 cm³/mol. The maximum atomic E-state index is 11.9. The van der Waals surface area contributed by atoms with Gasteiger partial charge in [0.15, 0.2) is 0 Å². The molecule has 0 radical (unpaired) electrons. The van der Waals surface area contributed by atoms with Crippen molar-refractivity contribution in [1.29, 1.82) is 0 Å². The first-order chi connectivity index (χ1) is 16.2. The number of allylic oxidation sites excluding steroid dienone is 4. The van der Waals surface area contributed by atoms with E-state index >= 15 is 0 Å². The number of rotatable bonds is 8. The summed E-state index contributed by atoms with van der Waals surface area (Å²) in [5.74, 6) is 2.10. The van der Waals surface area contributed by atoms with Crippen LogP contribution in [0.3, 0.4) is 0 Å². The molecule has 1 aliphatic rings. The summed E-state index contributed by atoms with van der Waals surface area (Å²) in [6.07, 6.45) is 8.13. The standard InChI is InChI=1S/C27H22O2S4/c1-2-24(28)29-21-8-5-13-27(16-21,17-32-22-9-3-6-19-11-14-30-25(19)22)18-33-23-10-4-7-20-12-15-31-26(20)23/h2-15H,1,16-18H2. The van der Waals surface area contributed by atoms with Crippen molar-refractivity contribution in [2.45, 2.75) is 16.2 Å². The Kier molecular flexibility index (Phi) is 6.79. The molecule has 33 heavy (non-hydrogen) atoms. The van der Waals surface area contributed by atoms with Crippen LogP contribution in [0, 0.1) is 5.41 Å². The highest BCUT2D eigenvalue weighted by Crippen LogP contribution is 2.44. The van der Waals surface area contributed by atoms with Crippen molar-refractivity contribution in [3.63, 3.8) is 0 Å². The van der Waals surface area contributed by atoms with Gasteiger partial charge in [-0.1, -0.05) is 43.0 Å². The lowest BCUT2D eigenvalue weighted by Crippen LogP contribution is -2.28. The molecule has 0 saturated heterocycles. The monoisotopic (exact) mass is 506 g/mol. The Labute approximate surface area is 210 Å². The van der Waals surface area contributed by atoms with E-state index in [1.54, 1.807) is 22.7 Å². The molecule has 2 aromatic heterocycles. The van der Waals surface area contributed by atoms with Crippen LogP contribution in [0.2, 0.25) is 0 Å². The zero-order valence-corrected chi connectivity index (χ0v) is 21.1. The van der Waals surface area contributed by atoms with Crippen molar-refractivity contribution in [3.05, 3.63) is 95.9 Å². The minimum absolute atomic E-state index is 0.139. The van der Waals surface area contributed by atoms with Crippen LogP contribution in [0.4, 0.5) is 0 Å². The quantitative estimate of drug-likeness (QED) is 0.136. The normalized spacial score (nSPS) is 15.0. The highest BCUT2D eigenvalue weighted by Gasteiger charge is 2.32. The van der Waals surface area contributed by atoms with Gasteiger partial charge in [0.2, 0.25) is 0 Å². The summed E-state index contributed by atoms with van der Waals surface area (Å²) in [4.78, 5) is 14.5. The van der Waals surface area contributed by atoms with Gasteiger partial charge in [-0.3, -0.25) is 0 Å². The van der Waals surface area contributed by atoms with Gasteiger partial charge in [-0.25, -0.2) is 4.79 Å². The van der Waals surface area contributed by atoms with Gasteiger partial charge in [0.05, 0.1) is 0 Å². The summed E-state index contributed by atoms with van der Waals surface area (Å²) >= 11 is 7.35. The average molecular weight is 507 g/mol. The maximum Gasteiger partial charge on any atom is 0.335 e. The molecule has 0 saturated carbocycles. The van der Waals surface area contributed by atoms with Crippen molar-refractivity contribution in [2.75, 3.05) is 11.5 Å². The van der Waals surface area contributed by atoms with E-state index in [-0.39, 0.29) is 5.41 Å². The predicted octanol–water partition coefficient (Wildman–Crippen LogP) is 8.56. The molecule has 0 amide bonds. The summed E-state index contributed by atoms with van der Waals surface area (Å²) in [6, 6.07) is 17.4. The third-order valence-electron chi connectivity index (χ3n) is 5.57. The third kappa shape index (κ3) is 4.99. The average Bonchev–Trinajstić information content (AvgIpc) is 3.51. The molecule has 2 aromatic carbocycles. The molecule has 166 valence electrons. The zero-order valence-electron chi connectivity index (χ0n) is 17.9. The van der Waals surface area contributed by atoms with Gasteiger partial charge in [0, 0.05) is 48.6 Å². The number of benzene rings is 2. The highest BCUT2D eigenvalue weighted by molar-refractivity contribution is 8.00. The Balaban J connectivity index is 1.40. The summed E-state index contributed by atoms with van der Waals surface area (Å²) < 4.78 is 8.22. The van der Waals surface area contributed by atoms with Gasteiger partial charge >= 0.3 is 5.97 Å². The van der Waals surface area contributed by atoms with Crippen LogP contribution in [0.1, 0.15) is 6.42 Å². The molecule has 0 fully saturated rings. The number of carbonyl (C=O) groups excluding carboxylic acids is 1. The van der Waals surface area contributed by atoms with E-state index in [1.807, 2.05) is 35.7 Å². The molecular formula is C27H22O2S4. The number of hydrogen-bond donors (Lipinski definition) is 0. The Bertz CT molecular complexity index is 1300. The number of ether oxygens (including phenoxy) is 1. The second-order valence-electron chi connectivity index (χ2n) is 7.92. The van der Waals surface area contributed by atoms with E-state index < -0.39 is 5.97 Å². The second kappa shape index (κ2) is 9.94. The van der Waals surface area contributed by atoms with E-state index in [9.17, 15) is 4.79 Å². The fraction of sp³-hybridized carbons (Fsp3) is 0.148. The Morgan fingerprint density at radius 2 is 1.58 bits per heavy atom. The van der Waals surface area contributed by atoms with Crippen molar-refractivity contribution in [3.8, 4) is 0 Å². The lowest BCUT2D eigenvalue weighted by molar-refractivity contribution is -0.134. The van der Waals surface area contributed by atoms with Gasteiger partial charge < -0.3 is 4.74 Å². The molecule has 4 aromatic rings. The third-order valence-corrected chi connectivity index (χ3v) is 10.5. The zero-order chi connectivity index (χ0) is 22.7. The van der Waals surface area contributed by atoms with E-state index in [0.29, 0.717) is 12.2 Å². The molecule has 0 unspecified atom stereocenters. The topological polar surface area (TPSA) is 26.3 Å². The Hall–Kier alpha value is -2.25. The van der Waals surface area contributed by atoms with Crippen molar-refractivity contribution in [1.82, 2.24) is 0 Å². The molecule has 5 rings (SSSR count). The van der Waals surface area contributed by atoms with E-state index in [2.05, 4.69) is 71.9 Å². The number of carbonyl (C=O) groups is 1. The summed E-state index contributed by atoms with van der Waals surface area (Å²) in [6.45, 7) is 3.54. The molecular weight excluding hydrogens is 485 g/mol. The molecule has 2 heterocycles. The van der Waals surface area contributed by atoms with Gasteiger partial charge in [0.25, 0.3) is 0 Å². The largest absolute Gasteiger partial charge is 0.428 e. The summed E-state index contributed by atoms with van der Waals surface area (Å²) in [5, 5.41) is 6.88. The van der Waals surface area contributed by atoms with Gasteiger partial charge in [0.1, 0.15) is 5.76 Å². The summed E-state index contributed by atoms with van der Waals surface area (Å²) in [5.41, 5.74) is -0.139. The first-order valence-electron chi connectivity index (χ1n) is 10.6. The van der Waals surface area contributed by atoms with E-state index in [0.717, 1.165) is 11.5 Å². The number of thiophene rings is 2. The lowest BCUT2D eigenvalue weighted by atomic mass is 9.84. The van der Waals surface area contributed by atoms with Crippen molar-refractivity contribution in [2.24, 2.45) is 5.41 Å². The molecule has 2 nitrogen and oxygen atoms in total. The van der Waals surface area contributed by atoms with Crippen LogP contribution >= 0.6 is 46.2 Å². The van der Waals surface area contributed by atoms with Crippen molar-refractivity contribution >= 4 is 72.3 Å². The number of hydrogen-bond acceptors (Lipinski definition) is 6. The van der Waals surface area contributed by atoms with Crippen LogP contribution in [0.15, 0.2) is 106 Å². The van der Waals surface area contributed by atoms with Crippen molar-refractivity contribution < 1.29 is 9.53 Å². The number of fused-ring (bicyclic) bond motifs is 2. The fourth-order valence-corrected chi connectivity index (χ4v) is 8.63.